The number of carbonyl (C=O) groups is 2. The van der Waals surface area contributed by atoms with Crippen molar-refractivity contribution in [3.63, 3.8) is 0 Å². The lowest BCUT2D eigenvalue weighted by Crippen LogP contribution is -2.49. The summed E-state index contributed by atoms with van der Waals surface area (Å²) in [6, 6.07) is 18.2. The number of aliphatic hydroxyl groups is 1. The Bertz CT molecular complexity index is 1100. The summed E-state index contributed by atoms with van der Waals surface area (Å²) in [5, 5.41) is 19.3. The van der Waals surface area contributed by atoms with Gasteiger partial charge in [-0.1, -0.05) is 73.5 Å². The van der Waals surface area contributed by atoms with E-state index in [9.17, 15) is 14.7 Å². The van der Waals surface area contributed by atoms with Crippen LogP contribution in [0.5, 0.6) is 0 Å². The quantitative estimate of drug-likeness (QED) is 0.369. The molecule has 8 heteroatoms. The maximum atomic E-state index is 13.0. The van der Waals surface area contributed by atoms with Crippen molar-refractivity contribution in [3.05, 3.63) is 83.7 Å². The number of likely N-dealkylation sites (tertiary alicyclic amines) is 1. The molecule has 1 fully saturated rings. The van der Waals surface area contributed by atoms with Crippen LogP contribution in [0, 0.1) is 0 Å². The van der Waals surface area contributed by atoms with Crippen LogP contribution in [0.2, 0.25) is 0 Å². The highest BCUT2D eigenvalue weighted by Gasteiger charge is 2.39. The van der Waals surface area contributed by atoms with E-state index in [0.717, 1.165) is 24.8 Å². The van der Waals surface area contributed by atoms with Gasteiger partial charge in [-0.2, -0.15) is 0 Å². The fraction of sp³-hybridized carbons (Fsp3) is 0.407. The number of aliphatic hydroxyl groups excluding tert-OH is 1. The van der Waals surface area contributed by atoms with Gasteiger partial charge in [0, 0.05) is 13.0 Å². The summed E-state index contributed by atoms with van der Waals surface area (Å²) in [7, 11) is 0. The molecule has 3 atom stereocenters. The van der Waals surface area contributed by atoms with E-state index in [1.807, 2.05) is 41.3 Å². The van der Waals surface area contributed by atoms with E-state index in [0.29, 0.717) is 24.1 Å². The number of benzene rings is 2. The predicted molar refractivity (Wildman–Crippen MR) is 130 cm³/mol. The van der Waals surface area contributed by atoms with Gasteiger partial charge in [-0.05, 0) is 30.5 Å². The number of ether oxygens (including phenoxy) is 1. The molecular formula is C27H32N4O4. The fourth-order valence-corrected chi connectivity index (χ4v) is 4.52. The molecule has 8 nitrogen and oxygen atoms in total. The topological polar surface area (TPSA) is 97.6 Å². The minimum absolute atomic E-state index is 0.0132. The van der Waals surface area contributed by atoms with Gasteiger partial charge < -0.3 is 14.7 Å². The lowest BCUT2D eigenvalue weighted by molar-refractivity contribution is -0.140. The van der Waals surface area contributed by atoms with Gasteiger partial charge in [0.25, 0.3) is 0 Å². The third kappa shape index (κ3) is 6.14. The maximum absolute atomic E-state index is 13.0. The summed E-state index contributed by atoms with van der Waals surface area (Å²) in [6.45, 7) is 2.33. The molecule has 0 saturated carbocycles. The van der Waals surface area contributed by atoms with E-state index in [1.165, 1.54) is 0 Å². The fourth-order valence-electron chi connectivity index (χ4n) is 4.52. The summed E-state index contributed by atoms with van der Waals surface area (Å²) in [4.78, 5) is 27.1. The number of rotatable bonds is 9. The van der Waals surface area contributed by atoms with Crippen molar-refractivity contribution in [3.8, 4) is 0 Å². The average Bonchev–Trinajstić information content (AvgIpc) is 3.37. The third-order valence-electron chi connectivity index (χ3n) is 6.43. The average molecular weight is 477 g/mol. The zero-order chi connectivity index (χ0) is 24.6. The smallest absolute Gasteiger partial charge is 0.338 e. The number of carbonyl (C=O) groups excluding carboxylic acids is 2. The Morgan fingerprint density at radius 2 is 1.77 bits per heavy atom. The lowest BCUT2D eigenvalue weighted by atomic mass is 9.89. The van der Waals surface area contributed by atoms with Crippen molar-refractivity contribution in [2.45, 2.75) is 63.8 Å². The Balaban J connectivity index is 1.46. The molecule has 1 amide bonds. The van der Waals surface area contributed by atoms with Crippen molar-refractivity contribution in [2.75, 3.05) is 6.54 Å². The van der Waals surface area contributed by atoms with E-state index in [-0.39, 0.29) is 31.1 Å². The predicted octanol–water partition coefficient (Wildman–Crippen LogP) is 4.09. The van der Waals surface area contributed by atoms with Crippen molar-refractivity contribution in [2.24, 2.45) is 0 Å². The second-order valence-corrected chi connectivity index (χ2v) is 8.93. The van der Waals surface area contributed by atoms with Crippen molar-refractivity contribution < 1.29 is 19.4 Å². The minimum atomic E-state index is -0.786. The van der Waals surface area contributed by atoms with Crippen LogP contribution in [0.3, 0.4) is 0 Å². The summed E-state index contributed by atoms with van der Waals surface area (Å²) in [5.74, 6) is -0.365. The van der Waals surface area contributed by atoms with Crippen LogP contribution < -0.4 is 0 Å². The number of unbranched alkanes of at least 4 members (excludes halogenated alkanes) is 2. The maximum Gasteiger partial charge on any atom is 0.338 e. The Morgan fingerprint density at radius 1 is 1.06 bits per heavy atom. The van der Waals surface area contributed by atoms with Gasteiger partial charge >= 0.3 is 5.97 Å². The zero-order valence-electron chi connectivity index (χ0n) is 20.0. The van der Waals surface area contributed by atoms with Crippen molar-refractivity contribution >= 4 is 11.9 Å². The Hall–Kier alpha value is -3.52. The summed E-state index contributed by atoms with van der Waals surface area (Å²) < 4.78 is 6.99. The Kier molecular flexibility index (Phi) is 8.26. The Morgan fingerprint density at radius 3 is 2.49 bits per heavy atom. The molecule has 0 radical (unpaired) electrons. The first-order valence-corrected chi connectivity index (χ1v) is 12.2. The van der Waals surface area contributed by atoms with Gasteiger partial charge in [0.15, 0.2) is 0 Å². The van der Waals surface area contributed by atoms with E-state index < -0.39 is 12.1 Å². The Labute approximate surface area is 205 Å². The van der Waals surface area contributed by atoms with Gasteiger partial charge in [-0.15, -0.1) is 5.10 Å². The largest absolute Gasteiger partial charge is 0.455 e. The molecule has 184 valence electrons. The van der Waals surface area contributed by atoms with Gasteiger partial charge in [-0.3, -0.25) is 4.79 Å². The normalized spacial score (nSPS) is 19.9. The number of β-amino-alcohol motifs (C(OH)–C–C–N with tert-alkyl or cyclic N) is 1. The number of nitrogens with zero attached hydrogens (tertiary/aromatic N) is 4. The molecule has 1 aromatic heterocycles. The van der Waals surface area contributed by atoms with E-state index >= 15 is 0 Å². The number of amides is 1. The first-order chi connectivity index (χ1) is 17.1. The SMILES string of the molecule is CCCCCC(=O)N1C[C@@H](O)[C@H](n2cc(COC(=O)c3ccccc3)nn2)C[C@@H]1c1ccccc1. The zero-order valence-corrected chi connectivity index (χ0v) is 20.0. The second kappa shape index (κ2) is 11.8. The van der Waals surface area contributed by atoms with E-state index in [1.54, 1.807) is 35.1 Å². The van der Waals surface area contributed by atoms with Crippen LogP contribution in [0.25, 0.3) is 0 Å². The summed E-state index contributed by atoms with van der Waals surface area (Å²) in [6.07, 6.45) is 4.82. The minimum Gasteiger partial charge on any atom is -0.455 e. The van der Waals surface area contributed by atoms with Gasteiger partial charge in [-0.25, -0.2) is 9.48 Å². The standard InChI is InChI=1S/C27H32N4O4/c1-2-3-6-15-26(33)30-18-25(32)24(16-23(30)20-11-7-4-8-12-20)31-17-22(28-29-31)19-35-27(34)21-13-9-5-10-14-21/h4-5,7-14,17,23-25,32H,2-3,6,15-16,18-19H2,1H3/t23-,24-,25-/m1/s1. The number of aromatic nitrogens is 3. The molecule has 1 N–H and O–H groups in total. The number of hydrogen-bond acceptors (Lipinski definition) is 6. The molecule has 0 aliphatic carbocycles. The monoisotopic (exact) mass is 476 g/mol. The van der Waals surface area contributed by atoms with Crippen LogP contribution in [0.1, 0.15) is 72.7 Å². The highest BCUT2D eigenvalue weighted by molar-refractivity contribution is 5.89. The van der Waals surface area contributed by atoms with Crippen LogP contribution >= 0.6 is 0 Å². The van der Waals surface area contributed by atoms with Crippen LogP contribution in [-0.2, 0) is 16.1 Å². The van der Waals surface area contributed by atoms with Crippen LogP contribution in [0.15, 0.2) is 66.9 Å². The number of piperidine rings is 1. The lowest BCUT2D eigenvalue weighted by Gasteiger charge is -2.42. The van der Waals surface area contributed by atoms with Crippen molar-refractivity contribution in [1.82, 2.24) is 19.9 Å². The highest BCUT2D eigenvalue weighted by atomic mass is 16.5. The van der Waals surface area contributed by atoms with E-state index in [4.69, 9.17) is 4.74 Å². The molecule has 4 rings (SSSR count). The molecule has 2 heterocycles. The summed E-state index contributed by atoms with van der Waals surface area (Å²) >= 11 is 0. The third-order valence-corrected chi connectivity index (χ3v) is 6.43. The molecule has 35 heavy (non-hydrogen) atoms. The highest BCUT2D eigenvalue weighted by Crippen LogP contribution is 2.37. The molecule has 3 aromatic rings. The first-order valence-electron chi connectivity index (χ1n) is 12.2. The van der Waals surface area contributed by atoms with E-state index in [2.05, 4.69) is 17.2 Å². The van der Waals surface area contributed by atoms with Crippen LogP contribution in [-0.4, -0.2) is 49.5 Å². The first kappa shape index (κ1) is 24.6. The van der Waals surface area contributed by atoms with Gasteiger partial charge in [0.1, 0.15) is 12.3 Å². The van der Waals surface area contributed by atoms with Gasteiger partial charge in [0.05, 0.1) is 29.9 Å². The van der Waals surface area contributed by atoms with Crippen LogP contribution in [0.4, 0.5) is 0 Å². The molecule has 0 unspecified atom stereocenters. The molecule has 1 aliphatic heterocycles. The molecule has 2 aromatic carbocycles. The molecule has 0 bridgehead atoms. The molecular weight excluding hydrogens is 444 g/mol. The molecule has 1 saturated heterocycles. The van der Waals surface area contributed by atoms with Gasteiger partial charge in [0.2, 0.25) is 5.91 Å². The number of esters is 1. The number of hydrogen-bond donors (Lipinski definition) is 1. The van der Waals surface area contributed by atoms with Crippen molar-refractivity contribution in [1.29, 1.82) is 0 Å². The molecule has 1 aliphatic rings. The molecule has 0 spiro atoms. The summed E-state index contributed by atoms with van der Waals surface area (Å²) in [5.41, 5.74) is 2.00. The second-order valence-electron chi connectivity index (χ2n) is 8.93.